The van der Waals surface area contributed by atoms with Crippen LogP contribution in [0.5, 0.6) is 0 Å². The second kappa shape index (κ2) is 7.97. The summed E-state index contributed by atoms with van der Waals surface area (Å²) < 4.78 is 27.8. The third kappa shape index (κ3) is 7.78. The molecule has 4 N–H and O–H groups in total. The Hall–Kier alpha value is -1.62. The van der Waals surface area contributed by atoms with Gasteiger partial charge in [0.15, 0.2) is 0 Å². The SMILES string of the molecule is CC(C)(C)OC(=O)N(CCc1ccc(B(O)O)cc1)CS(N)(=O)=O. The van der Waals surface area contributed by atoms with Gasteiger partial charge >= 0.3 is 13.2 Å². The lowest BCUT2D eigenvalue weighted by Crippen LogP contribution is -2.42. The maximum absolute atomic E-state index is 12.1. The molecule has 0 fully saturated rings. The van der Waals surface area contributed by atoms with E-state index in [9.17, 15) is 13.2 Å². The predicted octanol–water partition coefficient (Wildman–Crippen LogP) is -0.608. The molecule has 0 saturated carbocycles. The minimum atomic E-state index is -3.89. The van der Waals surface area contributed by atoms with E-state index in [4.69, 9.17) is 19.9 Å². The average molecular weight is 358 g/mol. The van der Waals surface area contributed by atoms with Crippen LogP contribution in [0, 0.1) is 0 Å². The number of carbonyl (C=O) groups is 1. The van der Waals surface area contributed by atoms with Crippen LogP contribution in [-0.2, 0) is 21.2 Å². The molecule has 1 amide bonds. The fourth-order valence-electron chi connectivity index (χ4n) is 1.87. The topological polar surface area (TPSA) is 130 Å². The van der Waals surface area contributed by atoms with Crippen molar-refractivity contribution in [2.24, 2.45) is 5.14 Å². The van der Waals surface area contributed by atoms with Crippen LogP contribution in [0.3, 0.4) is 0 Å². The quantitative estimate of drug-likeness (QED) is 0.582. The Morgan fingerprint density at radius 1 is 1.25 bits per heavy atom. The highest BCUT2D eigenvalue weighted by atomic mass is 32.2. The van der Waals surface area contributed by atoms with Gasteiger partial charge in [-0.1, -0.05) is 24.3 Å². The Morgan fingerprint density at radius 3 is 2.21 bits per heavy atom. The van der Waals surface area contributed by atoms with Gasteiger partial charge in [-0.25, -0.2) is 18.4 Å². The zero-order chi connectivity index (χ0) is 18.5. The minimum Gasteiger partial charge on any atom is -0.444 e. The molecule has 0 aliphatic carbocycles. The summed E-state index contributed by atoms with van der Waals surface area (Å²) in [4.78, 5) is 13.1. The summed E-state index contributed by atoms with van der Waals surface area (Å²) in [5.41, 5.74) is 0.377. The number of nitrogens with two attached hydrogens (primary N) is 1. The van der Waals surface area contributed by atoms with Crippen LogP contribution in [-0.4, -0.2) is 54.6 Å². The highest BCUT2D eigenvalue weighted by molar-refractivity contribution is 7.89. The Morgan fingerprint density at radius 2 is 1.79 bits per heavy atom. The maximum Gasteiger partial charge on any atom is 0.488 e. The van der Waals surface area contributed by atoms with E-state index in [1.54, 1.807) is 32.9 Å². The molecule has 0 aromatic heterocycles. The second-order valence-corrected chi connectivity index (χ2v) is 7.98. The molecule has 0 saturated heterocycles. The van der Waals surface area contributed by atoms with E-state index in [1.165, 1.54) is 12.1 Å². The summed E-state index contributed by atoms with van der Waals surface area (Å²) in [6, 6.07) is 6.41. The van der Waals surface area contributed by atoms with Crippen molar-refractivity contribution in [3.8, 4) is 0 Å². The molecule has 1 aromatic carbocycles. The van der Waals surface area contributed by atoms with Crippen LogP contribution >= 0.6 is 0 Å². The molecule has 0 radical (unpaired) electrons. The summed E-state index contributed by atoms with van der Waals surface area (Å²) in [6.07, 6.45) is -0.407. The second-order valence-electron chi connectivity index (χ2n) is 6.40. The third-order valence-corrected chi connectivity index (χ3v) is 3.61. The van der Waals surface area contributed by atoms with Crippen LogP contribution < -0.4 is 10.6 Å². The fourth-order valence-corrected chi connectivity index (χ4v) is 2.54. The fraction of sp³-hybridized carbons (Fsp3) is 0.500. The Labute approximate surface area is 142 Å². The van der Waals surface area contributed by atoms with Crippen molar-refractivity contribution in [1.82, 2.24) is 4.90 Å². The molecule has 0 aliphatic heterocycles. The first-order chi connectivity index (χ1) is 10.9. The van der Waals surface area contributed by atoms with Crippen molar-refractivity contribution >= 4 is 28.7 Å². The van der Waals surface area contributed by atoms with Crippen LogP contribution in [0.4, 0.5) is 4.79 Å². The monoisotopic (exact) mass is 358 g/mol. The van der Waals surface area contributed by atoms with E-state index in [2.05, 4.69) is 0 Å². The molecule has 0 bridgehead atoms. The third-order valence-electron chi connectivity index (χ3n) is 2.94. The zero-order valence-corrected chi connectivity index (χ0v) is 14.8. The molecule has 0 spiro atoms. The van der Waals surface area contributed by atoms with Gasteiger partial charge in [0.1, 0.15) is 11.5 Å². The number of rotatable bonds is 6. The minimum absolute atomic E-state index is 0.0897. The van der Waals surface area contributed by atoms with E-state index in [1.807, 2.05) is 0 Å². The molecule has 24 heavy (non-hydrogen) atoms. The molecule has 134 valence electrons. The van der Waals surface area contributed by atoms with E-state index in [0.717, 1.165) is 10.5 Å². The lowest BCUT2D eigenvalue weighted by molar-refractivity contribution is 0.0285. The number of ether oxygens (including phenoxy) is 1. The molecule has 0 unspecified atom stereocenters. The smallest absolute Gasteiger partial charge is 0.444 e. The van der Waals surface area contributed by atoms with Crippen LogP contribution in [0.15, 0.2) is 24.3 Å². The molecule has 0 atom stereocenters. The van der Waals surface area contributed by atoms with E-state index < -0.39 is 34.7 Å². The van der Waals surface area contributed by atoms with Crippen molar-refractivity contribution in [3.63, 3.8) is 0 Å². The largest absolute Gasteiger partial charge is 0.488 e. The van der Waals surface area contributed by atoms with E-state index >= 15 is 0 Å². The molecule has 1 aromatic rings. The van der Waals surface area contributed by atoms with Crippen molar-refractivity contribution < 1.29 is 28.0 Å². The normalized spacial score (nSPS) is 11.9. The number of hydrogen-bond donors (Lipinski definition) is 3. The number of hydrogen-bond acceptors (Lipinski definition) is 6. The molecule has 0 aliphatic rings. The van der Waals surface area contributed by atoms with E-state index in [0.29, 0.717) is 11.9 Å². The van der Waals surface area contributed by atoms with Gasteiger partial charge in [0.25, 0.3) is 0 Å². The highest BCUT2D eigenvalue weighted by Gasteiger charge is 2.24. The molecule has 1 rings (SSSR count). The number of amides is 1. The Balaban J connectivity index is 2.79. The highest BCUT2D eigenvalue weighted by Crippen LogP contribution is 2.11. The number of nitrogens with zero attached hydrogens (tertiary/aromatic N) is 1. The average Bonchev–Trinajstić information content (AvgIpc) is 2.40. The Kier molecular flexibility index (Phi) is 6.79. The summed E-state index contributed by atoms with van der Waals surface area (Å²) in [5, 5.41) is 23.1. The summed E-state index contributed by atoms with van der Waals surface area (Å²) in [7, 11) is -5.44. The van der Waals surface area contributed by atoms with Crippen molar-refractivity contribution in [2.75, 3.05) is 12.4 Å². The van der Waals surface area contributed by atoms with Crippen LogP contribution in [0.1, 0.15) is 26.3 Å². The molecule has 10 heteroatoms. The van der Waals surface area contributed by atoms with Crippen molar-refractivity contribution in [1.29, 1.82) is 0 Å². The summed E-state index contributed by atoms with van der Waals surface area (Å²) in [6.45, 7) is 5.13. The van der Waals surface area contributed by atoms with Crippen molar-refractivity contribution in [2.45, 2.75) is 32.8 Å². The molecular weight excluding hydrogens is 335 g/mol. The van der Waals surface area contributed by atoms with Gasteiger partial charge < -0.3 is 14.8 Å². The number of sulfonamides is 1. The van der Waals surface area contributed by atoms with Gasteiger partial charge in [-0.15, -0.1) is 0 Å². The maximum atomic E-state index is 12.1. The number of benzene rings is 1. The first kappa shape index (κ1) is 20.4. The van der Waals surface area contributed by atoms with Crippen LogP contribution in [0.25, 0.3) is 0 Å². The molecular formula is C14H23BN2O6S. The van der Waals surface area contributed by atoms with Gasteiger partial charge in [-0.05, 0) is 38.2 Å². The summed E-state index contributed by atoms with van der Waals surface area (Å²) in [5.74, 6) is -0.644. The molecule has 8 nitrogen and oxygen atoms in total. The van der Waals surface area contributed by atoms with Gasteiger partial charge in [0.2, 0.25) is 10.0 Å². The lowest BCUT2D eigenvalue weighted by Gasteiger charge is -2.26. The first-order valence-corrected chi connectivity index (χ1v) is 9.02. The van der Waals surface area contributed by atoms with Crippen molar-refractivity contribution in [3.05, 3.63) is 29.8 Å². The lowest BCUT2D eigenvalue weighted by atomic mass is 9.80. The zero-order valence-electron chi connectivity index (χ0n) is 14.0. The van der Waals surface area contributed by atoms with Gasteiger partial charge in [-0.2, -0.15) is 0 Å². The van der Waals surface area contributed by atoms with Crippen LogP contribution in [0.2, 0.25) is 0 Å². The number of carbonyl (C=O) groups excluding carboxylic acids is 1. The van der Waals surface area contributed by atoms with E-state index in [-0.39, 0.29) is 6.54 Å². The van der Waals surface area contributed by atoms with Gasteiger partial charge in [0, 0.05) is 6.54 Å². The standard InChI is InChI=1S/C14H23BN2O6S/c1-14(2,3)23-13(18)17(10-24(16,21)22)9-8-11-4-6-12(7-5-11)15(19)20/h4-7,19-20H,8-10H2,1-3H3,(H2,16,21,22). The summed E-state index contributed by atoms with van der Waals surface area (Å²) >= 11 is 0. The molecule has 0 heterocycles. The predicted molar refractivity (Wildman–Crippen MR) is 90.9 cm³/mol. The first-order valence-electron chi connectivity index (χ1n) is 7.31. The van der Waals surface area contributed by atoms with Gasteiger partial charge in [0.05, 0.1) is 0 Å². The Bertz CT molecular complexity index is 655. The number of primary sulfonamides is 1. The van der Waals surface area contributed by atoms with Gasteiger partial charge in [-0.3, -0.25) is 4.90 Å².